The maximum Gasteiger partial charge on any atom is 0.136 e. The lowest BCUT2D eigenvalue weighted by Gasteiger charge is -2.19. The highest BCUT2D eigenvalue weighted by atomic mass is 32.2. The van der Waals surface area contributed by atoms with Gasteiger partial charge in [-0.15, -0.1) is 11.8 Å². The van der Waals surface area contributed by atoms with Gasteiger partial charge in [0, 0.05) is 17.7 Å². The molecule has 2 nitrogen and oxygen atoms in total. The second kappa shape index (κ2) is 7.65. The van der Waals surface area contributed by atoms with Crippen molar-refractivity contribution in [2.45, 2.75) is 37.3 Å². The minimum Gasteiger partial charge on any atom is -0.314 e. The number of aryl methyl sites for hydroxylation is 2. The number of benzene rings is 2. The highest BCUT2D eigenvalue weighted by Crippen LogP contribution is 2.32. The van der Waals surface area contributed by atoms with Crippen LogP contribution < -0.4 is 10.9 Å². The number of nitrogens with two attached hydrogens (primary N) is 1. The molecule has 0 aliphatic rings. The lowest BCUT2D eigenvalue weighted by molar-refractivity contribution is 0.601. The average molecular weight is 318 g/mol. The number of halogens is 1. The molecule has 2 aromatic rings. The summed E-state index contributed by atoms with van der Waals surface area (Å²) in [6.45, 7) is 4.21. The van der Waals surface area contributed by atoms with Gasteiger partial charge in [0.25, 0.3) is 0 Å². The van der Waals surface area contributed by atoms with Gasteiger partial charge in [-0.05, 0) is 47.7 Å². The topological polar surface area (TPSA) is 29.3 Å². The van der Waals surface area contributed by atoms with E-state index in [2.05, 4.69) is 19.9 Å². The molecule has 0 bridgehead atoms. The number of anilines is 1. The molecule has 0 unspecified atom stereocenters. The van der Waals surface area contributed by atoms with Gasteiger partial charge < -0.3 is 5.01 Å². The third-order valence-electron chi connectivity index (χ3n) is 3.79. The zero-order valence-corrected chi connectivity index (χ0v) is 14.2. The summed E-state index contributed by atoms with van der Waals surface area (Å²) < 4.78 is 14.0. The summed E-state index contributed by atoms with van der Waals surface area (Å²) in [5, 5.41) is 1.63. The van der Waals surface area contributed by atoms with Crippen LogP contribution in [0.2, 0.25) is 0 Å². The summed E-state index contributed by atoms with van der Waals surface area (Å²) in [6.07, 6.45) is 1.85. The molecule has 0 spiro atoms. The molecule has 0 radical (unpaired) electrons. The Morgan fingerprint density at radius 3 is 2.55 bits per heavy atom. The van der Waals surface area contributed by atoms with E-state index in [9.17, 15) is 4.39 Å². The van der Waals surface area contributed by atoms with E-state index in [-0.39, 0.29) is 5.82 Å². The standard InChI is InChI=1S/C18H23FN2S/c1-4-13-9-10-16(19)18(11-13)22-12-15-14(5-2)7-6-8-17(15)21(3)20/h6-11H,4-5,12,20H2,1-3H3. The second-order valence-electron chi connectivity index (χ2n) is 5.29. The molecular formula is C18H23FN2S. The second-order valence-corrected chi connectivity index (χ2v) is 6.30. The Hall–Kier alpha value is -1.52. The molecule has 0 heterocycles. The third-order valence-corrected chi connectivity index (χ3v) is 4.84. The van der Waals surface area contributed by atoms with Crippen LogP contribution in [-0.2, 0) is 18.6 Å². The zero-order valence-electron chi connectivity index (χ0n) is 13.4. The van der Waals surface area contributed by atoms with E-state index >= 15 is 0 Å². The Labute approximate surface area is 136 Å². The van der Waals surface area contributed by atoms with Gasteiger partial charge in [0.1, 0.15) is 5.82 Å². The van der Waals surface area contributed by atoms with Crippen molar-refractivity contribution in [2.75, 3.05) is 12.1 Å². The molecule has 2 N–H and O–H groups in total. The lowest BCUT2D eigenvalue weighted by Crippen LogP contribution is -2.26. The molecule has 118 valence electrons. The Bertz CT molecular complexity index is 641. The monoisotopic (exact) mass is 318 g/mol. The first-order chi connectivity index (χ1) is 10.6. The molecule has 0 amide bonds. The predicted octanol–water partition coefficient (Wildman–Crippen LogP) is 4.55. The number of nitrogens with zero attached hydrogens (tertiary/aromatic N) is 1. The number of rotatable bonds is 6. The van der Waals surface area contributed by atoms with Crippen LogP contribution in [0.3, 0.4) is 0 Å². The van der Waals surface area contributed by atoms with Crippen molar-refractivity contribution in [2.24, 2.45) is 5.84 Å². The van der Waals surface area contributed by atoms with Gasteiger partial charge in [0.05, 0.1) is 5.69 Å². The maximum atomic E-state index is 14.0. The van der Waals surface area contributed by atoms with E-state index in [4.69, 9.17) is 5.84 Å². The average Bonchev–Trinajstić information content (AvgIpc) is 2.53. The SMILES string of the molecule is CCc1ccc(F)c(SCc2c(CC)cccc2N(C)N)c1. The van der Waals surface area contributed by atoms with Crippen molar-refractivity contribution in [3.63, 3.8) is 0 Å². The first kappa shape index (κ1) is 16.8. The lowest BCUT2D eigenvalue weighted by atomic mass is 10.0. The largest absolute Gasteiger partial charge is 0.314 e. The Morgan fingerprint density at radius 1 is 1.14 bits per heavy atom. The molecule has 2 rings (SSSR count). The molecule has 0 saturated heterocycles. The smallest absolute Gasteiger partial charge is 0.136 e. The molecule has 0 aliphatic heterocycles. The molecular weight excluding hydrogens is 295 g/mol. The van der Waals surface area contributed by atoms with Crippen molar-refractivity contribution < 1.29 is 4.39 Å². The summed E-state index contributed by atoms with van der Waals surface area (Å²) in [6, 6.07) is 11.5. The van der Waals surface area contributed by atoms with Crippen molar-refractivity contribution in [1.29, 1.82) is 0 Å². The van der Waals surface area contributed by atoms with E-state index in [0.717, 1.165) is 24.1 Å². The van der Waals surface area contributed by atoms with E-state index < -0.39 is 0 Å². The number of hydrogen-bond donors (Lipinski definition) is 1. The van der Waals surface area contributed by atoms with Gasteiger partial charge in [0.15, 0.2) is 0 Å². The molecule has 0 fully saturated rings. The number of hydrogen-bond acceptors (Lipinski definition) is 3. The van der Waals surface area contributed by atoms with Crippen LogP contribution >= 0.6 is 11.8 Å². The van der Waals surface area contributed by atoms with Gasteiger partial charge >= 0.3 is 0 Å². The van der Waals surface area contributed by atoms with E-state index in [1.165, 1.54) is 22.9 Å². The minimum atomic E-state index is -0.154. The number of thioether (sulfide) groups is 1. The van der Waals surface area contributed by atoms with Gasteiger partial charge in [-0.1, -0.05) is 32.0 Å². The summed E-state index contributed by atoms with van der Waals surface area (Å²) >= 11 is 1.53. The van der Waals surface area contributed by atoms with E-state index in [1.54, 1.807) is 11.1 Å². The molecule has 4 heteroatoms. The highest BCUT2D eigenvalue weighted by Gasteiger charge is 2.11. The molecule has 2 aromatic carbocycles. The Morgan fingerprint density at radius 2 is 1.91 bits per heavy atom. The van der Waals surface area contributed by atoms with E-state index in [0.29, 0.717) is 10.6 Å². The fourth-order valence-corrected chi connectivity index (χ4v) is 3.55. The summed E-state index contributed by atoms with van der Waals surface area (Å²) in [4.78, 5) is 0.705. The zero-order chi connectivity index (χ0) is 16.1. The first-order valence-electron chi connectivity index (χ1n) is 7.57. The van der Waals surface area contributed by atoms with Crippen LogP contribution in [0.1, 0.15) is 30.5 Å². The van der Waals surface area contributed by atoms with Crippen molar-refractivity contribution in [3.8, 4) is 0 Å². The third kappa shape index (κ3) is 3.81. The molecule has 0 aliphatic carbocycles. The van der Waals surface area contributed by atoms with Crippen LogP contribution in [0.25, 0.3) is 0 Å². The molecule has 0 aromatic heterocycles. The normalized spacial score (nSPS) is 10.8. The highest BCUT2D eigenvalue weighted by molar-refractivity contribution is 7.98. The van der Waals surface area contributed by atoms with Crippen molar-refractivity contribution >= 4 is 17.4 Å². The Balaban J connectivity index is 2.28. The quantitative estimate of drug-likeness (QED) is 0.481. The van der Waals surface area contributed by atoms with Crippen LogP contribution in [0.4, 0.5) is 10.1 Å². The molecule has 22 heavy (non-hydrogen) atoms. The maximum absolute atomic E-state index is 14.0. The number of hydrazine groups is 1. The fraction of sp³-hybridized carbons (Fsp3) is 0.333. The summed E-state index contributed by atoms with van der Waals surface area (Å²) in [7, 11) is 1.83. The molecule has 0 saturated carbocycles. The van der Waals surface area contributed by atoms with Gasteiger partial charge in [-0.3, -0.25) is 0 Å². The van der Waals surface area contributed by atoms with Crippen LogP contribution in [0.15, 0.2) is 41.3 Å². The summed E-state index contributed by atoms with van der Waals surface area (Å²) in [5.41, 5.74) is 4.60. The Kier molecular flexibility index (Phi) is 5.86. The molecule has 0 atom stereocenters. The van der Waals surface area contributed by atoms with Gasteiger partial charge in [0.2, 0.25) is 0 Å². The minimum absolute atomic E-state index is 0.154. The van der Waals surface area contributed by atoms with Crippen molar-refractivity contribution in [1.82, 2.24) is 0 Å². The van der Waals surface area contributed by atoms with Crippen molar-refractivity contribution in [3.05, 3.63) is 58.9 Å². The fourth-order valence-electron chi connectivity index (χ4n) is 2.48. The van der Waals surface area contributed by atoms with Crippen LogP contribution in [0.5, 0.6) is 0 Å². The summed E-state index contributed by atoms with van der Waals surface area (Å²) in [5.74, 6) is 6.49. The predicted molar refractivity (Wildman–Crippen MR) is 93.7 cm³/mol. The van der Waals surface area contributed by atoms with Gasteiger partial charge in [-0.25, -0.2) is 10.2 Å². The van der Waals surface area contributed by atoms with Crippen LogP contribution in [0, 0.1) is 5.82 Å². The first-order valence-corrected chi connectivity index (χ1v) is 8.55. The van der Waals surface area contributed by atoms with E-state index in [1.807, 2.05) is 31.3 Å². The van der Waals surface area contributed by atoms with Crippen LogP contribution in [-0.4, -0.2) is 7.05 Å². The van der Waals surface area contributed by atoms with Gasteiger partial charge in [-0.2, -0.15) is 0 Å².